The molecule has 6 nitrogen and oxygen atoms in total. The topological polar surface area (TPSA) is 65.5 Å². The molecule has 2 saturated heterocycles. The SMILES string of the molecule is O=C(NC1CCc2ccc(C(=O)N3CCC4(CCN(Cc5ccc6ncccc6c5)CC4)C3)cc21)c1ccccc1Cl. The molecule has 1 unspecified atom stereocenters. The van der Waals surface area contributed by atoms with E-state index in [2.05, 4.69) is 50.4 Å². The molecule has 1 spiro atoms. The molecule has 7 heteroatoms. The van der Waals surface area contributed by atoms with Gasteiger partial charge in [0.25, 0.3) is 11.8 Å². The summed E-state index contributed by atoms with van der Waals surface area (Å²) in [7, 11) is 0. The van der Waals surface area contributed by atoms with Crippen molar-refractivity contribution >= 4 is 34.3 Å². The Morgan fingerprint density at radius 3 is 2.64 bits per heavy atom. The summed E-state index contributed by atoms with van der Waals surface area (Å²) in [6, 6.07) is 23.7. The van der Waals surface area contributed by atoms with Crippen LogP contribution in [0.5, 0.6) is 0 Å². The fraction of sp³-hybridized carbons (Fsp3) is 0.343. The smallest absolute Gasteiger partial charge is 0.253 e. The minimum Gasteiger partial charge on any atom is -0.345 e. The van der Waals surface area contributed by atoms with Gasteiger partial charge in [0.2, 0.25) is 0 Å². The number of hydrogen-bond donors (Lipinski definition) is 1. The predicted molar refractivity (Wildman–Crippen MR) is 166 cm³/mol. The number of nitrogens with one attached hydrogen (secondary N) is 1. The van der Waals surface area contributed by atoms with Gasteiger partial charge >= 0.3 is 0 Å². The Bertz CT molecular complexity index is 1660. The molecule has 2 amide bonds. The number of likely N-dealkylation sites (tertiary alicyclic amines) is 2. The van der Waals surface area contributed by atoms with E-state index in [0.29, 0.717) is 16.1 Å². The Hall–Kier alpha value is -3.74. The number of aromatic nitrogens is 1. The number of rotatable bonds is 5. The second-order valence-corrected chi connectivity index (χ2v) is 12.6. The van der Waals surface area contributed by atoms with Crippen molar-refractivity contribution in [2.75, 3.05) is 26.2 Å². The highest BCUT2D eigenvalue weighted by Gasteiger charge is 2.42. The number of hydrogen-bond acceptors (Lipinski definition) is 4. The highest BCUT2D eigenvalue weighted by Crippen LogP contribution is 2.41. The highest BCUT2D eigenvalue weighted by molar-refractivity contribution is 6.33. The lowest BCUT2D eigenvalue weighted by molar-refractivity contribution is 0.0713. The molecule has 1 aliphatic carbocycles. The van der Waals surface area contributed by atoms with Crippen molar-refractivity contribution in [1.29, 1.82) is 0 Å². The lowest BCUT2D eigenvalue weighted by Gasteiger charge is -2.39. The molecule has 2 fully saturated rings. The third-order valence-corrected chi connectivity index (χ3v) is 9.94. The monoisotopic (exact) mass is 578 g/mol. The van der Waals surface area contributed by atoms with E-state index in [9.17, 15) is 9.59 Å². The molecule has 1 aromatic heterocycles. The van der Waals surface area contributed by atoms with Gasteiger partial charge in [0, 0.05) is 36.8 Å². The van der Waals surface area contributed by atoms with E-state index in [0.717, 1.165) is 75.9 Å². The van der Waals surface area contributed by atoms with Gasteiger partial charge in [0.15, 0.2) is 0 Å². The van der Waals surface area contributed by atoms with Crippen LogP contribution in [0.25, 0.3) is 10.9 Å². The first-order chi connectivity index (χ1) is 20.5. The van der Waals surface area contributed by atoms with Gasteiger partial charge in [-0.2, -0.15) is 0 Å². The maximum Gasteiger partial charge on any atom is 0.253 e. The van der Waals surface area contributed by atoms with Crippen LogP contribution in [0.2, 0.25) is 5.02 Å². The number of piperidine rings is 1. The second kappa shape index (κ2) is 11.2. The molecule has 0 saturated carbocycles. The Balaban J connectivity index is 0.975. The second-order valence-electron chi connectivity index (χ2n) is 12.2. The highest BCUT2D eigenvalue weighted by atomic mass is 35.5. The van der Waals surface area contributed by atoms with Crippen molar-refractivity contribution in [2.45, 2.75) is 44.7 Å². The number of fused-ring (bicyclic) bond motifs is 2. The summed E-state index contributed by atoms with van der Waals surface area (Å²) in [6.07, 6.45) is 6.85. The van der Waals surface area contributed by atoms with Crippen LogP contribution in [0.3, 0.4) is 0 Å². The summed E-state index contributed by atoms with van der Waals surface area (Å²) < 4.78 is 0. The Kier molecular flexibility index (Phi) is 7.20. The summed E-state index contributed by atoms with van der Waals surface area (Å²) >= 11 is 6.25. The normalized spacial score (nSPS) is 19.7. The maximum atomic E-state index is 13.7. The van der Waals surface area contributed by atoms with E-state index in [1.54, 1.807) is 12.1 Å². The van der Waals surface area contributed by atoms with E-state index in [1.807, 2.05) is 36.5 Å². The van der Waals surface area contributed by atoms with Crippen LogP contribution >= 0.6 is 11.6 Å². The lowest BCUT2D eigenvalue weighted by Crippen LogP contribution is -2.42. The van der Waals surface area contributed by atoms with E-state index < -0.39 is 0 Å². The zero-order valence-corrected chi connectivity index (χ0v) is 24.4. The predicted octanol–water partition coefficient (Wildman–Crippen LogP) is 6.43. The van der Waals surface area contributed by atoms with E-state index in [4.69, 9.17) is 11.6 Å². The maximum absolute atomic E-state index is 13.7. The molecule has 2 aliphatic heterocycles. The van der Waals surface area contributed by atoms with Crippen LogP contribution in [0, 0.1) is 5.41 Å². The largest absolute Gasteiger partial charge is 0.345 e. The van der Waals surface area contributed by atoms with Gasteiger partial charge in [-0.1, -0.05) is 41.9 Å². The van der Waals surface area contributed by atoms with E-state index in [1.165, 1.54) is 16.5 Å². The first-order valence-corrected chi connectivity index (χ1v) is 15.4. The third-order valence-electron chi connectivity index (χ3n) is 9.61. The van der Waals surface area contributed by atoms with Gasteiger partial charge < -0.3 is 10.2 Å². The molecule has 214 valence electrons. The minimum atomic E-state index is -0.180. The van der Waals surface area contributed by atoms with Crippen LogP contribution < -0.4 is 5.32 Å². The van der Waals surface area contributed by atoms with Crippen LogP contribution in [0.1, 0.15) is 69.1 Å². The molecule has 0 radical (unpaired) electrons. The fourth-order valence-electron chi connectivity index (χ4n) is 7.13. The van der Waals surface area contributed by atoms with Crippen molar-refractivity contribution < 1.29 is 9.59 Å². The van der Waals surface area contributed by atoms with Gasteiger partial charge in [-0.25, -0.2) is 0 Å². The standard InChI is InChI=1S/C35H35ClN4O2/c36-30-6-2-1-5-28(30)33(41)38-32-12-10-25-8-9-27(21-29(25)32)34(42)40-19-15-35(23-40)13-17-39(18-14-35)22-24-7-11-31-26(20-24)4-3-16-37-31/h1-9,11,16,20-21,32H,10,12-15,17-19,22-23H2,(H,38,41). The number of benzene rings is 3. The number of carbonyl (C=O) groups is 2. The number of carbonyl (C=O) groups excluding carboxylic acids is 2. The summed E-state index contributed by atoms with van der Waals surface area (Å²) in [5.74, 6) is -0.0782. The molecule has 7 rings (SSSR count). The van der Waals surface area contributed by atoms with Crippen molar-refractivity contribution in [3.63, 3.8) is 0 Å². The zero-order valence-electron chi connectivity index (χ0n) is 23.7. The molecule has 3 aromatic carbocycles. The number of halogens is 1. The first-order valence-electron chi connectivity index (χ1n) is 15.0. The molecular formula is C35H35ClN4O2. The molecule has 3 heterocycles. The van der Waals surface area contributed by atoms with E-state index in [-0.39, 0.29) is 23.3 Å². The summed E-state index contributed by atoms with van der Waals surface area (Å²) in [4.78, 5) is 35.7. The molecule has 4 aromatic rings. The third kappa shape index (κ3) is 5.30. The number of nitrogens with zero attached hydrogens (tertiary/aromatic N) is 3. The average molecular weight is 579 g/mol. The van der Waals surface area contributed by atoms with Crippen LogP contribution in [-0.2, 0) is 13.0 Å². The van der Waals surface area contributed by atoms with Gasteiger partial charge in [-0.15, -0.1) is 0 Å². The minimum absolute atomic E-state index is 0.102. The van der Waals surface area contributed by atoms with Gasteiger partial charge in [-0.05, 0) is 110 Å². The molecule has 1 N–H and O–H groups in total. The first kappa shape index (κ1) is 27.1. The summed E-state index contributed by atoms with van der Waals surface area (Å²) in [6.45, 7) is 4.69. The quantitative estimate of drug-likeness (QED) is 0.296. The Morgan fingerprint density at radius 1 is 0.952 bits per heavy atom. The molecule has 1 atom stereocenters. The number of amides is 2. The van der Waals surface area contributed by atoms with Crippen LogP contribution in [0.15, 0.2) is 79.0 Å². The number of pyridine rings is 1. The van der Waals surface area contributed by atoms with Gasteiger partial charge in [0.1, 0.15) is 0 Å². The lowest BCUT2D eigenvalue weighted by atomic mass is 9.77. The van der Waals surface area contributed by atoms with Crippen LogP contribution in [0.4, 0.5) is 0 Å². The average Bonchev–Trinajstić information content (AvgIpc) is 3.62. The Morgan fingerprint density at radius 2 is 1.79 bits per heavy atom. The van der Waals surface area contributed by atoms with Gasteiger partial charge in [0.05, 0.1) is 22.1 Å². The van der Waals surface area contributed by atoms with Crippen LogP contribution in [-0.4, -0.2) is 52.8 Å². The van der Waals surface area contributed by atoms with Crippen molar-refractivity contribution in [3.8, 4) is 0 Å². The molecular weight excluding hydrogens is 544 g/mol. The fourth-order valence-corrected chi connectivity index (χ4v) is 7.35. The zero-order chi connectivity index (χ0) is 28.7. The van der Waals surface area contributed by atoms with Crippen molar-refractivity contribution in [2.24, 2.45) is 5.41 Å². The molecule has 0 bridgehead atoms. The Labute approximate surface area is 251 Å². The molecule has 3 aliphatic rings. The van der Waals surface area contributed by atoms with Crippen molar-refractivity contribution in [1.82, 2.24) is 20.1 Å². The van der Waals surface area contributed by atoms with Crippen molar-refractivity contribution in [3.05, 3.63) is 112 Å². The molecule has 42 heavy (non-hydrogen) atoms. The number of aryl methyl sites for hydroxylation is 1. The summed E-state index contributed by atoms with van der Waals surface area (Å²) in [5.41, 5.74) is 6.01. The van der Waals surface area contributed by atoms with Gasteiger partial charge in [-0.3, -0.25) is 19.5 Å². The summed E-state index contributed by atoms with van der Waals surface area (Å²) in [5, 5.41) is 4.78. The van der Waals surface area contributed by atoms with E-state index >= 15 is 0 Å².